The van der Waals surface area contributed by atoms with Crippen LogP contribution in [0, 0.1) is 5.82 Å². The van der Waals surface area contributed by atoms with E-state index in [9.17, 15) is 9.18 Å². The molecular weight excluding hydrogens is 277 g/mol. The molecule has 0 saturated carbocycles. The molecule has 5 heteroatoms. The number of rotatable bonds is 6. The smallest absolute Gasteiger partial charge is 0.248 e. The van der Waals surface area contributed by atoms with Gasteiger partial charge in [-0.1, -0.05) is 0 Å². The van der Waals surface area contributed by atoms with E-state index in [1.807, 2.05) is 0 Å². The van der Waals surface area contributed by atoms with Crippen molar-refractivity contribution >= 4 is 17.7 Å². The lowest BCUT2D eigenvalue weighted by molar-refractivity contribution is 0.100. The zero-order valence-corrected chi connectivity index (χ0v) is 11.5. The van der Waals surface area contributed by atoms with Gasteiger partial charge in [-0.25, -0.2) is 4.39 Å². The highest BCUT2D eigenvalue weighted by atomic mass is 32.2. The normalized spacial score (nSPS) is 10.2. The van der Waals surface area contributed by atoms with Crippen molar-refractivity contribution in [3.63, 3.8) is 0 Å². The summed E-state index contributed by atoms with van der Waals surface area (Å²) in [5.74, 6) is 0.752. The molecule has 0 bridgehead atoms. The summed E-state index contributed by atoms with van der Waals surface area (Å²) < 4.78 is 18.3. The topological polar surface area (TPSA) is 52.3 Å². The number of thioether (sulfide) groups is 1. The quantitative estimate of drug-likeness (QED) is 0.657. The SMILES string of the molecule is NC(=O)c1ccc(OCCSc2ccc(F)cc2)cc1. The summed E-state index contributed by atoms with van der Waals surface area (Å²) in [7, 11) is 0. The van der Waals surface area contributed by atoms with Gasteiger partial charge in [0.25, 0.3) is 0 Å². The van der Waals surface area contributed by atoms with E-state index in [0.717, 1.165) is 10.6 Å². The molecule has 0 atom stereocenters. The zero-order chi connectivity index (χ0) is 14.4. The third-order valence-electron chi connectivity index (χ3n) is 2.57. The van der Waals surface area contributed by atoms with E-state index in [4.69, 9.17) is 10.5 Å². The Kier molecular flexibility index (Phi) is 5.01. The van der Waals surface area contributed by atoms with E-state index < -0.39 is 5.91 Å². The Morgan fingerprint density at radius 2 is 1.75 bits per heavy atom. The number of ether oxygens (including phenoxy) is 1. The molecule has 2 rings (SSSR count). The molecule has 2 aromatic carbocycles. The fourth-order valence-electron chi connectivity index (χ4n) is 1.57. The number of hydrogen-bond acceptors (Lipinski definition) is 3. The van der Waals surface area contributed by atoms with Crippen molar-refractivity contribution in [3.05, 3.63) is 59.9 Å². The number of carbonyl (C=O) groups excluding carboxylic acids is 1. The van der Waals surface area contributed by atoms with Crippen LogP contribution in [0.15, 0.2) is 53.4 Å². The molecule has 0 aliphatic heterocycles. The summed E-state index contributed by atoms with van der Waals surface area (Å²) in [5, 5.41) is 0. The van der Waals surface area contributed by atoms with Crippen LogP contribution < -0.4 is 10.5 Å². The number of hydrogen-bond donors (Lipinski definition) is 1. The fraction of sp³-hybridized carbons (Fsp3) is 0.133. The molecule has 3 nitrogen and oxygen atoms in total. The van der Waals surface area contributed by atoms with Crippen molar-refractivity contribution in [3.8, 4) is 5.75 Å². The van der Waals surface area contributed by atoms with E-state index in [0.29, 0.717) is 17.9 Å². The fourth-order valence-corrected chi connectivity index (χ4v) is 2.30. The van der Waals surface area contributed by atoms with Crippen LogP contribution >= 0.6 is 11.8 Å². The predicted molar refractivity (Wildman–Crippen MR) is 77.6 cm³/mol. The molecule has 0 aromatic heterocycles. The average Bonchev–Trinajstić information content (AvgIpc) is 2.46. The molecule has 0 heterocycles. The monoisotopic (exact) mass is 291 g/mol. The maximum Gasteiger partial charge on any atom is 0.248 e. The predicted octanol–water partition coefficient (Wildman–Crippen LogP) is 3.10. The second-order valence-corrected chi connectivity index (χ2v) is 5.21. The van der Waals surface area contributed by atoms with E-state index in [2.05, 4.69) is 0 Å². The zero-order valence-electron chi connectivity index (χ0n) is 10.7. The summed E-state index contributed by atoms with van der Waals surface area (Å²) in [4.78, 5) is 11.9. The van der Waals surface area contributed by atoms with Crippen LogP contribution in [0.25, 0.3) is 0 Å². The molecule has 0 aliphatic carbocycles. The van der Waals surface area contributed by atoms with Gasteiger partial charge in [0.05, 0.1) is 6.61 Å². The van der Waals surface area contributed by atoms with Gasteiger partial charge in [0.1, 0.15) is 11.6 Å². The number of halogens is 1. The Balaban J connectivity index is 1.75. The highest BCUT2D eigenvalue weighted by molar-refractivity contribution is 7.99. The summed E-state index contributed by atoms with van der Waals surface area (Å²) in [5.41, 5.74) is 5.61. The lowest BCUT2D eigenvalue weighted by Gasteiger charge is -2.06. The van der Waals surface area contributed by atoms with Gasteiger partial charge >= 0.3 is 0 Å². The van der Waals surface area contributed by atoms with Gasteiger partial charge in [-0.15, -0.1) is 11.8 Å². The van der Waals surface area contributed by atoms with Crippen molar-refractivity contribution in [1.29, 1.82) is 0 Å². The molecule has 2 N–H and O–H groups in total. The Morgan fingerprint density at radius 1 is 1.10 bits per heavy atom. The standard InChI is InChI=1S/C15H14FNO2S/c16-12-3-7-14(8-4-12)20-10-9-19-13-5-1-11(2-6-13)15(17)18/h1-8H,9-10H2,(H2,17,18). The van der Waals surface area contributed by atoms with Crippen LogP contribution in [0.4, 0.5) is 4.39 Å². The van der Waals surface area contributed by atoms with Crippen molar-refractivity contribution in [2.24, 2.45) is 5.73 Å². The lowest BCUT2D eigenvalue weighted by atomic mass is 10.2. The molecule has 1 amide bonds. The average molecular weight is 291 g/mol. The van der Waals surface area contributed by atoms with Gasteiger partial charge in [-0.2, -0.15) is 0 Å². The highest BCUT2D eigenvalue weighted by Crippen LogP contribution is 2.18. The number of primary amides is 1. The van der Waals surface area contributed by atoms with Gasteiger partial charge in [0.15, 0.2) is 0 Å². The molecule has 20 heavy (non-hydrogen) atoms. The second-order valence-electron chi connectivity index (χ2n) is 4.04. The van der Waals surface area contributed by atoms with Gasteiger partial charge < -0.3 is 10.5 Å². The summed E-state index contributed by atoms with van der Waals surface area (Å²) in [6, 6.07) is 13.0. The first-order valence-electron chi connectivity index (χ1n) is 6.06. The molecule has 0 unspecified atom stereocenters. The second kappa shape index (κ2) is 6.96. The summed E-state index contributed by atoms with van der Waals surface area (Å²) >= 11 is 1.59. The minimum Gasteiger partial charge on any atom is -0.493 e. The minimum atomic E-state index is -0.455. The van der Waals surface area contributed by atoms with E-state index in [1.165, 1.54) is 12.1 Å². The highest BCUT2D eigenvalue weighted by Gasteiger charge is 2.00. The van der Waals surface area contributed by atoms with Gasteiger partial charge in [0, 0.05) is 16.2 Å². The summed E-state index contributed by atoms with van der Waals surface area (Å²) in [6.07, 6.45) is 0. The first-order chi connectivity index (χ1) is 9.65. The molecule has 2 aromatic rings. The Morgan fingerprint density at radius 3 is 2.35 bits per heavy atom. The largest absolute Gasteiger partial charge is 0.493 e. The third kappa shape index (κ3) is 4.28. The van der Waals surface area contributed by atoms with Crippen LogP contribution in [0.5, 0.6) is 5.75 Å². The lowest BCUT2D eigenvalue weighted by Crippen LogP contribution is -2.10. The van der Waals surface area contributed by atoms with Crippen LogP contribution in [0.3, 0.4) is 0 Å². The van der Waals surface area contributed by atoms with Crippen molar-refractivity contribution in [2.45, 2.75) is 4.90 Å². The Labute approximate surface area is 120 Å². The van der Waals surface area contributed by atoms with Crippen LogP contribution in [0.2, 0.25) is 0 Å². The van der Waals surface area contributed by atoms with Crippen molar-refractivity contribution in [2.75, 3.05) is 12.4 Å². The molecular formula is C15H14FNO2S. The Bertz CT molecular complexity index is 569. The molecule has 0 saturated heterocycles. The number of amides is 1. The Hall–Kier alpha value is -2.01. The maximum atomic E-state index is 12.7. The van der Waals surface area contributed by atoms with Crippen LogP contribution in [-0.2, 0) is 0 Å². The summed E-state index contributed by atoms with van der Waals surface area (Å²) in [6.45, 7) is 0.526. The van der Waals surface area contributed by atoms with Crippen LogP contribution in [0.1, 0.15) is 10.4 Å². The van der Waals surface area contributed by atoms with Crippen molar-refractivity contribution < 1.29 is 13.9 Å². The van der Waals surface area contributed by atoms with E-state index >= 15 is 0 Å². The maximum absolute atomic E-state index is 12.7. The molecule has 0 spiro atoms. The molecule has 104 valence electrons. The van der Waals surface area contributed by atoms with Crippen LogP contribution in [-0.4, -0.2) is 18.3 Å². The molecule has 0 radical (unpaired) electrons. The van der Waals surface area contributed by atoms with E-state index in [1.54, 1.807) is 48.2 Å². The van der Waals surface area contributed by atoms with E-state index in [-0.39, 0.29) is 5.82 Å². The van der Waals surface area contributed by atoms with Crippen molar-refractivity contribution in [1.82, 2.24) is 0 Å². The first kappa shape index (κ1) is 14.4. The van der Waals surface area contributed by atoms with Gasteiger partial charge in [-0.3, -0.25) is 4.79 Å². The first-order valence-corrected chi connectivity index (χ1v) is 7.05. The molecule has 0 fully saturated rings. The number of benzene rings is 2. The number of nitrogens with two attached hydrogens (primary N) is 1. The molecule has 0 aliphatic rings. The van der Waals surface area contributed by atoms with Gasteiger partial charge in [-0.05, 0) is 48.5 Å². The third-order valence-corrected chi connectivity index (χ3v) is 3.55. The minimum absolute atomic E-state index is 0.236. The number of carbonyl (C=O) groups is 1. The van der Waals surface area contributed by atoms with Gasteiger partial charge in [0.2, 0.25) is 5.91 Å².